The van der Waals surface area contributed by atoms with E-state index in [1.54, 1.807) is 6.08 Å². The van der Waals surface area contributed by atoms with Gasteiger partial charge in [0.05, 0.1) is 25.4 Å². The summed E-state index contributed by atoms with van der Waals surface area (Å²) < 4.78 is 5.48. The van der Waals surface area contributed by atoms with Gasteiger partial charge >= 0.3 is 5.97 Å². The van der Waals surface area contributed by atoms with Crippen LogP contribution >= 0.6 is 0 Å². The second kappa shape index (κ2) is 60.9. The number of nitrogens with one attached hydrogen (secondary N) is 1. The molecule has 0 aromatic heterocycles. The van der Waals surface area contributed by atoms with Gasteiger partial charge < -0.3 is 20.3 Å². The number of esters is 1. The molecule has 0 aliphatic heterocycles. The maximum Gasteiger partial charge on any atom is 0.305 e. The predicted octanol–water partition coefficient (Wildman–Crippen LogP) is 20.2. The van der Waals surface area contributed by atoms with E-state index in [2.05, 4.69) is 31.3 Å². The highest BCUT2D eigenvalue weighted by Gasteiger charge is 2.18. The van der Waals surface area contributed by atoms with Crippen LogP contribution in [0.2, 0.25) is 0 Å². The summed E-state index contributed by atoms with van der Waals surface area (Å²) in [6, 6.07) is -0.632. The van der Waals surface area contributed by atoms with Crippen molar-refractivity contribution in [2.75, 3.05) is 13.2 Å². The van der Waals surface area contributed by atoms with Gasteiger partial charge in [-0.15, -0.1) is 0 Å². The standard InChI is InChI=1S/C65H125NO5/c1-3-5-7-9-11-13-15-17-19-20-21-22-23-24-27-30-33-37-41-45-49-53-57-63(68)62(61-67)66-64(69)58-54-50-46-42-38-34-31-28-25-26-29-32-36-40-44-48-52-56-60-71-65(70)59-55-51-47-43-39-35-18-16-14-12-10-8-6-4-2/h16,18,53,57,62-63,67-68H,3-15,17,19-52,54-56,58-61H2,1-2H3,(H,66,69)/b18-16-,57-53+. The highest BCUT2D eigenvalue weighted by atomic mass is 16.5. The largest absolute Gasteiger partial charge is 0.466 e. The van der Waals surface area contributed by atoms with Crippen LogP contribution in [0.1, 0.15) is 354 Å². The Labute approximate surface area is 443 Å². The third-order valence-corrected chi connectivity index (χ3v) is 15.0. The number of hydrogen-bond donors (Lipinski definition) is 3. The molecule has 0 aliphatic carbocycles. The monoisotopic (exact) mass is 1000 g/mol. The van der Waals surface area contributed by atoms with Crippen LogP contribution in [0.25, 0.3) is 0 Å². The van der Waals surface area contributed by atoms with E-state index < -0.39 is 12.1 Å². The summed E-state index contributed by atoms with van der Waals surface area (Å²) >= 11 is 0. The van der Waals surface area contributed by atoms with Crippen LogP contribution in [0.3, 0.4) is 0 Å². The first-order valence-electron chi connectivity index (χ1n) is 32.1. The molecule has 0 bridgehead atoms. The highest BCUT2D eigenvalue weighted by Crippen LogP contribution is 2.18. The molecule has 0 rings (SSSR count). The molecule has 1 amide bonds. The fraction of sp³-hybridized carbons (Fsp3) is 0.908. The Balaban J connectivity index is 3.44. The Morgan fingerprint density at radius 2 is 0.662 bits per heavy atom. The zero-order valence-electron chi connectivity index (χ0n) is 48.0. The highest BCUT2D eigenvalue weighted by molar-refractivity contribution is 5.76. The van der Waals surface area contributed by atoms with Crippen molar-refractivity contribution < 1.29 is 24.5 Å². The van der Waals surface area contributed by atoms with Crippen LogP contribution in [0.4, 0.5) is 0 Å². The molecule has 0 spiro atoms. The quantitative estimate of drug-likeness (QED) is 0.0320. The zero-order valence-corrected chi connectivity index (χ0v) is 48.0. The Kier molecular flexibility index (Phi) is 59.5. The number of rotatable bonds is 60. The van der Waals surface area contributed by atoms with E-state index in [9.17, 15) is 19.8 Å². The first-order chi connectivity index (χ1) is 35.0. The molecule has 0 saturated carbocycles. The normalized spacial score (nSPS) is 12.7. The van der Waals surface area contributed by atoms with Crippen molar-refractivity contribution in [1.29, 1.82) is 0 Å². The van der Waals surface area contributed by atoms with Gasteiger partial charge in [-0.05, 0) is 57.8 Å². The van der Waals surface area contributed by atoms with Gasteiger partial charge in [0.15, 0.2) is 0 Å². The number of amides is 1. The maximum atomic E-state index is 12.5. The molecule has 0 aromatic rings. The smallest absolute Gasteiger partial charge is 0.305 e. The summed E-state index contributed by atoms with van der Waals surface area (Å²) in [4.78, 5) is 24.6. The molecule has 2 unspecified atom stereocenters. The van der Waals surface area contributed by atoms with Gasteiger partial charge in [0.2, 0.25) is 5.91 Å². The SMILES string of the molecule is CCCCCCC/C=C\CCCCCCCC(=O)OCCCCCCCCCCCCCCCCCCCCC(=O)NC(CO)C(O)/C=C/CCCCCCCCCCCCCCCCCCCCCC. The average molecular weight is 1000 g/mol. The molecule has 0 aromatic carbocycles. The molecule has 0 saturated heterocycles. The topological polar surface area (TPSA) is 95.9 Å². The lowest BCUT2D eigenvalue weighted by Gasteiger charge is -2.20. The second-order valence-electron chi connectivity index (χ2n) is 22.1. The third kappa shape index (κ3) is 57.5. The van der Waals surface area contributed by atoms with E-state index in [4.69, 9.17) is 4.74 Å². The molecule has 420 valence electrons. The van der Waals surface area contributed by atoms with Crippen LogP contribution in [-0.2, 0) is 14.3 Å². The van der Waals surface area contributed by atoms with Crippen molar-refractivity contribution in [3.63, 3.8) is 0 Å². The minimum atomic E-state index is -0.848. The molecule has 0 aliphatic rings. The summed E-state index contributed by atoms with van der Waals surface area (Å²) in [6.45, 7) is 4.91. The van der Waals surface area contributed by atoms with Crippen LogP contribution in [0, 0.1) is 0 Å². The number of allylic oxidation sites excluding steroid dienone is 3. The molecule has 2 atom stereocenters. The molecule has 6 nitrogen and oxygen atoms in total. The van der Waals surface area contributed by atoms with E-state index in [1.807, 2.05) is 6.08 Å². The number of hydrogen-bond acceptors (Lipinski definition) is 5. The minimum absolute atomic E-state index is 0.00138. The molecule has 0 fully saturated rings. The molecule has 0 radical (unpaired) electrons. The van der Waals surface area contributed by atoms with Gasteiger partial charge in [0.1, 0.15) is 0 Å². The van der Waals surface area contributed by atoms with Crippen LogP contribution in [-0.4, -0.2) is 47.4 Å². The van der Waals surface area contributed by atoms with Crippen molar-refractivity contribution in [1.82, 2.24) is 5.32 Å². The molecule has 71 heavy (non-hydrogen) atoms. The number of unbranched alkanes of at least 4 members (excludes halogenated alkanes) is 47. The van der Waals surface area contributed by atoms with Crippen molar-refractivity contribution in [3.05, 3.63) is 24.3 Å². The summed E-state index contributed by atoms with van der Waals surface area (Å²) in [6.07, 6.45) is 75.0. The van der Waals surface area contributed by atoms with Crippen LogP contribution in [0.15, 0.2) is 24.3 Å². The first-order valence-corrected chi connectivity index (χ1v) is 32.1. The van der Waals surface area contributed by atoms with Gasteiger partial charge in [0, 0.05) is 12.8 Å². The minimum Gasteiger partial charge on any atom is -0.466 e. The Bertz CT molecular complexity index is 1110. The number of aliphatic hydroxyl groups is 2. The fourth-order valence-corrected chi connectivity index (χ4v) is 10.0. The van der Waals surface area contributed by atoms with E-state index in [1.165, 1.54) is 283 Å². The molecular formula is C65H125NO5. The predicted molar refractivity (Wildman–Crippen MR) is 310 cm³/mol. The average Bonchev–Trinajstić information content (AvgIpc) is 3.37. The number of aliphatic hydroxyl groups excluding tert-OH is 2. The van der Waals surface area contributed by atoms with E-state index in [0.717, 1.165) is 44.9 Å². The lowest BCUT2D eigenvalue weighted by molar-refractivity contribution is -0.143. The van der Waals surface area contributed by atoms with E-state index in [-0.39, 0.29) is 18.5 Å². The van der Waals surface area contributed by atoms with Gasteiger partial charge in [-0.25, -0.2) is 0 Å². The summed E-state index contributed by atoms with van der Waals surface area (Å²) in [5.74, 6) is -0.0700. The molecule has 6 heteroatoms. The number of carbonyl (C=O) groups excluding carboxylic acids is 2. The summed E-state index contributed by atoms with van der Waals surface area (Å²) in [5, 5.41) is 23.2. The van der Waals surface area contributed by atoms with Crippen molar-refractivity contribution >= 4 is 11.9 Å². The Morgan fingerprint density at radius 1 is 0.380 bits per heavy atom. The molecule has 0 heterocycles. The van der Waals surface area contributed by atoms with Gasteiger partial charge in [-0.2, -0.15) is 0 Å². The summed E-state index contributed by atoms with van der Waals surface area (Å²) in [5.41, 5.74) is 0. The molecule has 3 N–H and O–H groups in total. The second-order valence-corrected chi connectivity index (χ2v) is 22.1. The van der Waals surface area contributed by atoms with Crippen molar-refractivity contribution in [2.45, 2.75) is 366 Å². The van der Waals surface area contributed by atoms with Crippen LogP contribution < -0.4 is 5.32 Å². The zero-order chi connectivity index (χ0) is 51.4. The van der Waals surface area contributed by atoms with E-state index >= 15 is 0 Å². The van der Waals surface area contributed by atoms with Gasteiger partial charge in [0.25, 0.3) is 0 Å². The first kappa shape index (κ1) is 69.3. The fourth-order valence-electron chi connectivity index (χ4n) is 10.0. The van der Waals surface area contributed by atoms with Crippen molar-refractivity contribution in [2.24, 2.45) is 0 Å². The van der Waals surface area contributed by atoms with Crippen molar-refractivity contribution in [3.8, 4) is 0 Å². The number of carbonyl (C=O) groups is 2. The van der Waals surface area contributed by atoms with Gasteiger partial charge in [-0.3, -0.25) is 9.59 Å². The van der Waals surface area contributed by atoms with Crippen LogP contribution in [0.5, 0.6) is 0 Å². The third-order valence-electron chi connectivity index (χ3n) is 15.0. The van der Waals surface area contributed by atoms with Gasteiger partial charge in [-0.1, -0.05) is 308 Å². The number of ether oxygens (including phenoxy) is 1. The maximum absolute atomic E-state index is 12.5. The Morgan fingerprint density at radius 3 is 1.00 bits per heavy atom. The lowest BCUT2D eigenvalue weighted by atomic mass is 10.0. The van der Waals surface area contributed by atoms with E-state index in [0.29, 0.717) is 19.4 Å². The lowest BCUT2D eigenvalue weighted by Crippen LogP contribution is -2.45. The Hall–Kier alpha value is -1.66. The molecular weight excluding hydrogens is 875 g/mol. The summed E-state index contributed by atoms with van der Waals surface area (Å²) in [7, 11) is 0.